The molecule has 21 heavy (non-hydrogen) atoms. The molecule has 2 aromatic rings. The summed E-state index contributed by atoms with van der Waals surface area (Å²) in [6.45, 7) is 6.73. The summed E-state index contributed by atoms with van der Waals surface area (Å²) in [5.41, 5.74) is 2.26. The molecule has 2 N–H and O–H groups in total. The van der Waals surface area contributed by atoms with Crippen molar-refractivity contribution in [1.82, 2.24) is 0 Å². The van der Waals surface area contributed by atoms with E-state index in [9.17, 15) is 18.6 Å². The number of benzene rings is 2. The summed E-state index contributed by atoms with van der Waals surface area (Å²) >= 11 is 0. The molecule has 112 valence electrons. The Hall–Kier alpha value is -2.01. The highest BCUT2D eigenvalue weighted by molar-refractivity contribution is 7.91. The molecule has 0 spiro atoms. The minimum absolute atomic E-state index is 0.0672. The van der Waals surface area contributed by atoms with Gasteiger partial charge in [-0.3, -0.25) is 0 Å². The van der Waals surface area contributed by atoms with E-state index in [2.05, 4.69) is 0 Å². The maximum atomic E-state index is 12.8. The van der Waals surface area contributed by atoms with Crippen LogP contribution in [-0.4, -0.2) is 18.6 Å². The summed E-state index contributed by atoms with van der Waals surface area (Å²) in [6, 6.07) is 5.97. The van der Waals surface area contributed by atoms with Gasteiger partial charge in [0.1, 0.15) is 16.4 Å². The Morgan fingerprint density at radius 3 is 1.81 bits per heavy atom. The van der Waals surface area contributed by atoms with Crippen LogP contribution in [0, 0.1) is 27.7 Å². The van der Waals surface area contributed by atoms with Crippen molar-refractivity contribution in [3.63, 3.8) is 0 Å². The minimum atomic E-state index is -3.84. The monoisotopic (exact) mass is 306 g/mol. The van der Waals surface area contributed by atoms with Crippen LogP contribution in [0.5, 0.6) is 11.5 Å². The third kappa shape index (κ3) is 2.61. The van der Waals surface area contributed by atoms with E-state index in [1.807, 2.05) is 0 Å². The summed E-state index contributed by atoms with van der Waals surface area (Å²) in [4.78, 5) is -0.0184. The number of aryl methyl sites for hydroxylation is 4. The van der Waals surface area contributed by atoms with Crippen LogP contribution in [0.3, 0.4) is 0 Å². The fraction of sp³-hybridized carbons (Fsp3) is 0.250. The zero-order valence-corrected chi connectivity index (χ0v) is 13.2. The van der Waals surface area contributed by atoms with E-state index < -0.39 is 9.84 Å². The Morgan fingerprint density at radius 1 is 0.810 bits per heavy atom. The van der Waals surface area contributed by atoms with Crippen molar-refractivity contribution in [1.29, 1.82) is 0 Å². The molecule has 0 aliphatic rings. The lowest BCUT2D eigenvalue weighted by molar-refractivity contribution is 0.457. The molecule has 0 heterocycles. The van der Waals surface area contributed by atoms with E-state index in [1.165, 1.54) is 18.2 Å². The van der Waals surface area contributed by atoms with Crippen molar-refractivity contribution in [2.75, 3.05) is 0 Å². The smallest absolute Gasteiger partial charge is 0.210 e. The fourth-order valence-corrected chi connectivity index (χ4v) is 4.19. The molecule has 0 atom stereocenters. The molecule has 0 saturated carbocycles. The first-order valence-corrected chi connectivity index (χ1v) is 7.98. The molecule has 5 heteroatoms. The third-order valence-electron chi connectivity index (χ3n) is 3.44. The second-order valence-corrected chi connectivity index (χ2v) is 7.23. The molecule has 0 unspecified atom stereocenters. The molecule has 0 radical (unpaired) electrons. The predicted molar refractivity (Wildman–Crippen MR) is 80.6 cm³/mol. The second kappa shape index (κ2) is 5.07. The lowest BCUT2D eigenvalue weighted by atomic mass is 10.1. The number of sulfone groups is 1. The third-order valence-corrected chi connectivity index (χ3v) is 5.37. The van der Waals surface area contributed by atoms with Crippen LogP contribution in [0.1, 0.15) is 22.3 Å². The van der Waals surface area contributed by atoms with Crippen LogP contribution in [0.15, 0.2) is 34.1 Å². The Bertz CT molecular complexity index is 774. The van der Waals surface area contributed by atoms with E-state index in [0.29, 0.717) is 16.7 Å². The molecule has 0 aliphatic carbocycles. The number of phenols is 2. The summed E-state index contributed by atoms with van der Waals surface area (Å²) in [7, 11) is -3.84. The molecule has 0 saturated heterocycles. The summed E-state index contributed by atoms with van der Waals surface area (Å²) in [5, 5.41) is 19.8. The maximum absolute atomic E-state index is 12.8. The standard InChI is InChI=1S/C16H18O4S/c1-9-5-12(4)16(14(17)6-9)21(19,20)13-7-10(2)15(18)11(3)8-13/h5-8,17-18H,1-4H3. The van der Waals surface area contributed by atoms with Crippen LogP contribution in [0.25, 0.3) is 0 Å². The van der Waals surface area contributed by atoms with Gasteiger partial charge in [-0.2, -0.15) is 0 Å². The Balaban J connectivity index is 2.75. The lowest BCUT2D eigenvalue weighted by Crippen LogP contribution is -2.06. The van der Waals surface area contributed by atoms with Gasteiger partial charge >= 0.3 is 0 Å². The quantitative estimate of drug-likeness (QED) is 0.893. The first kappa shape index (κ1) is 15.4. The largest absolute Gasteiger partial charge is 0.507 e. The molecule has 0 aliphatic heterocycles. The van der Waals surface area contributed by atoms with Crippen LogP contribution < -0.4 is 0 Å². The van der Waals surface area contributed by atoms with Gasteiger partial charge in [0.05, 0.1) is 4.90 Å². The fourth-order valence-electron chi connectivity index (χ4n) is 2.47. The molecule has 0 aromatic heterocycles. The average Bonchev–Trinajstić information content (AvgIpc) is 2.33. The van der Waals surface area contributed by atoms with Crippen LogP contribution in [-0.2, 0) is 9.84 Å². The molecular weight excluding hydrogens is 288 g/mol. The van der Waals surface area contributed by atoms with Gasteiger partial charge in [-0.25, -0.2) is 8.42 Å². The van der Waals surface area contributed by atoms with Gasteiger partial charge in [0.25, 0.3) is 0 Å². The predicted octanol–water partition coefficient (Wildman–Crippen LogP) is 3.16. The summed E-state index contributed by atoms with van der Waals surface area (Å²) in [6.07, 6.45) is 0. The van der Waals surface area contributed by atoms with Crippen LogP contribution in [0.4, 0.5) is 0 Å². The zero-order valence-electron chi connectivity index (χ0n) is 12.4. The number of phenolic OH excluding ortho intramolecular Hbond substituents is 2. The van der Waals surface area contributed by atoms with Gasteiger partial charge in [0.2, 0.25) is 9.84 Å². The lowest BCUT2D eigenvalue weighted by Gasteiger charge is -2.13. The van der Waals surface area contributed by atoms with Gasteiger partial charge in [-0.05, 0) is 68.1 Å². The van der Waals surface area contributed by atoms with Crippen molar-refractivity contribution in [3.05, 3.63) is 46.5 Å². The number of hydrogen-bond acceptors (Lipinski definition) is 4. The first-order chi connectivity index (χ1) is 9.64. The van der Waals surface area contributed by atoms with Crippen molar-refractivity contribution >= 4 is 9.84 Å². The first-order valence-electron chi connectivity index (χ1n) is 6.50. The minimum Gasteiger partial charge on any atom is -0.507 e. The highest BCUT2D eigenvalue weighted by Gasteiger charge is 2.25. The molecular formula is C16H18O4S. The zero-order chi connectivity index (χ0) is 15.9. The highest BCUT2D eigenvalue weighted by Crippen LogP contribution is 2.35. The topological polar surface area (TPSA) is 74.6 Å². The average molecular weight is 306 g/mol. The summed E-state index contributed by atoms with van der Waals surface area (Å²) in [5.74, 6) is -0.172. The van der Waals surface area contributed by atoms with Crippen LogP contribution in [0.2, 0.25) is 0 Å². The van der Waals surface area contributed by atoms with E-state index in [4.69, 9.17) is 0 Å². The van der Waals surface area contributed by atoms with E-state index in [1.54, 1.807) is 33.8 Å². The molecule has 0 amide bonds. The van der Waals surface area contributed by atoms with Gasteiger partial charge < -0.3 is 10.2 Å². The highest BCUT2D eigenvalue weighted by atomic mass is 32.2. The van der Waals surface area contributed by atoms with Gasteiger partial charge in [0, 0.05) is 0 Å². The van der Waals surface area contributed by atoms with Crippen molar-refractivity contribution in [2.45, 2.75) is 37.5 Å². The van der Waals surface area contributed by atoms with Gasteiger partial charge in [-0.15, -0.1) is 0 Å². The van der Waals surface area contributed by atoms with Crippen molar-refractivity contribution < 1.29 is 18.6 Å². The molecule has 4 nitrogen and oxygen atoms in total. The maximum Gasteiger partial charge on any atom is 0.210 e. The normalized spacial score (nSPS) is 11.6. The van der Waals surface area contributed by atoms with E-state index >= 15 is 0 Å². The van der Waals surface area contributed by atoms with Gasteiger partial charge in [-0.1, -0.05) is 6.07 Å². The SMILES string of the molecule is Cc1cc(C)c(S(=O)(=O)c2cc(C)c(O)c(C)c2)c(O)c1. The molecule has 2 rings (SSSR count). The summed E-state index contributed by atoms with van der Waals surface area (Å²) < 4.78 is 25.5. The van der Waals surface area contributed by atoms with Gasteiger partial charge in [0.15, 0.2) is 0 Å². The number of rotatable bonds is 2. The molecule has 0 fully saturated rings. The molecule has 0 bridgehead atoms. The Labute approximate surface area is 124 Å². The number of aromatic hydroxyl groups is 2. The van der Waals surface area contributed by atoms with Crippen molar-refractivity contribution in [3.8, 4) is 11.5 Å². The second-order valence-electron chi connectivity index (χ2n) is 5.34. The Kier molecular flexibility index (Phi) is 3.72. The van der Waals surface area contributed by atoms with Crippen molar-refractivity contribution in [2.24, 2.45) is 0 Å². The van der Waals surface area contributed by atoms with E-state index in [-0.39, 0.29) is 21.3 Å². The Morgan fingerprint density at radius 2 is 1.33 bits per heavy atom. The van der Waals surface area contributed by atoms with E-state index in [0.717, 1.165) is 5.56 Å². The molecule has 2 aromatic carbocycles. The van der Waals surface area contributed by atoms with Crippen LogP contribution >= 0.6 is 0 Å². The number of hydrogen-bond donors (Lipinski definition) is 2.